The molecule has 2 rings (SSSR count). The Morgan fingerprint density at radius 3 is 2.60 bits per heavy atom. The number of piperidine rings is 1. The summed E-state index contributed by atoms with van der Waals surface area (Å²) in [6.45, 7) is 4.93. The Morgan fingerprint density at radius 2 is 2.00 bits per heavy atom. The van der Waals surface area contributed by atoms with E-state index < -0.39 is 0 Å². The normalized spacial score (nSPS) is 20.8. The third-order valence-electron chi connectivity index (χ3n) is 4.22. The molecule has 0 aromatic heterocycles. The molecule has 1 heterocycles. The van der Waals surface area contributed by atoms with Crippen LogP contribution in [-0.4, -0.2) is 42.8 Å². The van der Waals surface area contributed by atoms with Crippen LogP contribution in [0.1, 0.15) is 31.4 Å². The fourth-order valence-corrected chi connectivity index (χ4v) is 3.09. The quantitative estimate of drug-likeness (QED) is 0.868. The van der Waals surface area contributed by atoms with Crippen LogP contribution in [0.4, 0.5) is 4.39 Å². The summed E-state index contributed by atoms with van der Waals surface area (Å²) in [7, 11) is 1.88. The molecule has 1 fully saturated rings. The molecule has 2 atom stereocenters. The van der Waals surface area contributed by atoms with Crippen LogP contribution in [-0.2, 0) is 0 Å². The summed E-state index contributed by atoms with van der Waals surface area (Å²) >= 11 is 0. The number of halogens is 1. The number of likely N-dealkylation sites (tertiary alicyclic amines) is 1. The fraction of sp³-hybridized carbons (Fsp3) is 0.625. The summed E-state index contributed by atoms with van der Waals surface area (Å²) in [6, 6.07) is 6.99. The molecule has 112 valence electrons. The third kappa shape index (κ3) is 3.78. The second kappa shape index (κ2) is 7.16. The lowest BCUT2D eigenvalue weighted by molar-refractivity contribution is 0.0727. The molecular formula is C16H25FN2O. The van der Waals surface area contributed by atoms with E-state index in [1.807, 2.05) is 19.2 Å². The van der Waals surface area contributed by atoms with Gasteiger partial charge >= 0.3 is 0 Å². The van der Waals surface area contributed by atoms with Gasteiger partial charge in [0, 0.05) is 31.2 Å². The van der Waals surface area contributed by atoms with E-state index in [0.29, 0.717) is 5.92 Å². The molecule has 0 radical (unpaired) electrons. The molecule has 1 aromatic rings. The maximum absolute atomic E-state index is 13.9. The maximum atomic E-state index is 13.9. The zero-order valence-electron chi connectivity index (χ0n) is 12.3. The van der Waals surface area contributed by atoms with Gasteiger partial charge in [-0.05, 0) is 31.9 Å². The van der Waals surface area contributed by atoms with Crippen molar-refractivity contribution in [3.05, 3.63) is 35.6 Å². The largest absolute Gasteiger partial charge is 0.393 e. The van der Waals surface area contributed by atoms with E-state index in [-0.39, 0.29) is 18.0 Å². The van der Waals surface area contributed by atoms with E-state index >= 15 is 0 Å². The van der Waals surface area contributed by atoms with E-state index in [0.717, 1.165) is 38.0 Å². The number of nitrogens with one attached hydrogen (secondary N) is 1. The van der Waals surface area contributed by atoms with Gasteiger partial charge in [-0.25, -0.2) is 4.39 Å². The second-order valence-corrected chi connectivity index (χ2v) is 5.80. The van der Waals surface area contributed by atoms with Crippen molar-refractivity contribution in [1.82, 2.24) is 10.2 Å². The molecule has 3 nitrogen and oxygen atoms in total. The van der Waals surface area contributed by atoms with Gasteiger partial charge in [0.05, 0.1) is 6.10 Å². The van der Waals surface area contributed by atoms with Crippen molar-refractivity contribution in [2.45, 2.75) is 31.9 Å². The highest BCUT2D eigenvalue weighted by Gasteiger charge is 2.24. The van der Waals surface area contributed by atoms with Gasteiger partial charge in [0.15, 0.2) is 0 Å². The van der Waals surface area contributed by atoms with Gasteiger partial charge in [-0.1, -0.05) is 25.1 Å². The van der Waals surface area contributed by atoms with Crippen molar-refractivity contribution in [2.24, 2.45) is 5.92 Å². The fourth-order valence-electron chi connectivity index (χ4n) is 3.09. The van der Waals surface area contributed by atoms with E-state index in [1.165, 1.54) is 6.07 Å². The Morgan fingerprint density at radius 1 is 1.35 bits per heavy atom. The van der Waals surface area contributed by atoms with Gasteiger partial charge in [-0.2, -0.15) is 0 Å². The number of nitrogens with zero attached hydrogens (tertiary/aromatic N) is 1. The van der Waals surface area contributed by atoms with Crippen molar-refractivity contribution in [1.29, 1.82) is 0 Å². The second-order valence-electron chi connectivity index (χ2n) is 5.80. The first kappa shape index (κ1) is 15.4. The van der Waals surface area contributed by atoms with Crippen LogP contribution in [0, 0.1) is 11.7 Å². The molecule has 1 aromatic carbocycles. The number of benzene rings is 1. The van der Waals surface area contributed by atoms with Gasteiger partial charge in [0.25, 0.3) is 0 Å². The number of aliphatic hydroxyl groups is 1. The average Bonchev–Trinajstić information content (AvgIpc) is 2.44. The molecule has 0 amide bonds. The SMILES string of the molecule is CNC(c1ccccc1F)C(C)CN1CCC(O)CC1. The van der Waals surface area contributed by atoms with Crippen LogP contribution in [0.3, 0.4) is 0 Å². The van der Waals surface area contributed by atoms with Crippen LogP contribution in [0.15, 0.2) is 24.3 Å². The van der Waals surface area contributed by atoms with E-state index in [2.05, 4.69) is 17.1 Å². The molecule has 0 spiro atoms. The summed E-state index contributed by atoms with van der Waals surface area (Å²) in [6.07, 6.45) is 1.54. The van der Waals surface area contributed by atoms with Gasteiger partial charge in [0.1, 0.15) is 5.82 Å². The topological polar surface area (TPSA) is 35.5 Å². The molecular weight excluding hydrogens is 255 g/mol. The standard InChI is InChI=1S/C16H25FN2O/c1-12(11-19-9-7-13(20)8-10-19)16(18-2)14-5-3-4-6-15(14)17/h3-6,12-13,16,18,20H,7-11H2,1-2H3. The first-order valence-electron chi connectivity index (χ1n) is 7.44. The summed E-state index contributed by atoms with van der Waals surface area (Å²) in [5, 5.41) is 12.8. The first-order chi connectivity index (χ1) is 9.61. The predicted molar refractivity (Wildman–Crippen MR) is 79.0 cm³/mol. The van der Waals surface area contributed by atoms with Crippen molar-refractivity contribution in [2.75, 3.05) is 26.7 Å². The van der Waals surface area contributed by atoms with Crippen molar-refractivity contribution >= 4 is 0 Å². The Kier molecular flexibility index (Phi) is 5.52. The van der Waals surface area contributed by atoms with Gasteiger partial charge in [-0.3, -0.25) is 0 Å². The van der Waals surface area contributed by atoms with Crippen molar-refractivity contribution in [3.8, 4) is 0 Å². The van der Waals surface area contributed by atoms with Gasteiger partial charge in [-0.15, -0.1) is 0 Å². The molecule has 1 aliphatic heterocycles. The van der Waals surface area contributed by atoms with Crippen LogP contribution >= 0.6 is 0 Å². The number of hydrogen-bond donors (Lipinski definition) is 2. The lowest BCUT2D eigenvalue weighted by Gasteiger charge is -2.34. The maximum Gasteiger partial charge on any atom is 0.127 e. The monoisotopic (exact) mass is 280 g/mol. The molecule has 4 heteroatoms. The minimum absolute atomic E-state index is 0.0167. The zero-order chi connectivity index (χ0) is 14.5. The van der Waals surface area contributed by atoms with Crippen molar-refractivity contribution < 1.29 is 9.50 Å². The molecule has 0 aliphatic carbocycles. The Hall–Kier alpha value is -0.970. The highest BCUT2D eigenvalue weighted by Crippen LogP contribution is 2.25. The molecule has 20 heavy (non-hydrogen) atoms. The molecule has 2 N–H and O–H groups in total. The Bertz CT molecular complexity index is 419. The summed E-state index contributed by atoms with van der Waals surface area (Å²) in [4.78, 5) is 2.36. The smallest absolute Gasteiger partial charge is 0.127 e. The Balaban J connectivity index is 1.99. The van der Waals surface area contributed by atoms with E-state index in [4.69, 9.17) is 0 Å². The molecule has 1 saturated heterocycles. The van der Waals surface area contributed by atoms with Crippen LogP contribution < -0.4 is 5.32 Å². The number of aliphatic hydroxyl groups excluding tert-OH is 1. The first-order valence-corrected chi connectivity index (χ1v) is 7.44. The van der Waals surface area contributed by atoms with Gasteiger partial charge in [0.2, 0.25) is 0 Å². The summed E-state index contributed by atoms with van der Waals surface area (Å²) in [5.41, 5.74) is 0.736. The summed E-state index contributed by atoms with van der Waals surface area (Å²) in [5.74, 6) is 0.167. The third-order valence-corrected chi connectivity index (χ3v) is 4.22. The van der Waals surface area contributed by atoms with E-state index in [1.54, 1.807) is 6.07 Å². The lowest BCUT2D eigenvalue weighted by Crippen LogP contribution is -2.41. The number of hydrogen-bond acceptors (Lipinski definition) is 3. The highest BCUT2D eigenvalue weighted by atomic mass is 19.1. The molecule has 1 aliphatic rings. The van der Waals surface area contributed by atoms with Gasteiger partial charge < -0.3 is 15.3 Å². The minimum atomic E-state index is -0.146. The molecule has 2 unspecified atom stereocenters. The van der Waals surface area contributed by atoms with Crippen LogP contribution in [0.2, 0.25) is 0 Å². The number of rotatable bonds is 5. The van der Waals surface area contributed by atoms with Crippen LogP contribution in [0.25, 0.3) is 0 Å². The molecule has 0 saturated carbocycles. The average molecular weight is 280 g/mol. The highest BCUT2D eigenvalue weighted by molar-refractivity contribution is 5.21. The van der Waals surface area contributed by atoms with Crippen LogP contribution in [0.5, 0.6) is 0 Å². The molecule has 0 bridgehead atoms. The summed E-state index contributed by atoms with van der Waals surface area (Å²) < 4.78 is 13.9. The lowest BCUT2D eigenvalue weighted by atomic mass is 9.93. The predicted octanol–water partition coefficient (Wildman–Crippen LogP) is 2.18. The van der Waals surface area contributed by atoms with E-state index in [9.17, 15) is 9.50 Å². The Labute approximate surface area is 120 Å². The zero-order valence-corrected chi connectivity index (χ0v) is 12.3. The van der Waals surface area contributed by atoms with Crippen molar-refractivity contribution in [3.63, 3.8) is 0 Å². The minimum Gasteiger partial charge on any atom is -0.393 e.